The average Bonchev–Trinajstić information content (AvgIpc) is 2.37. The summed E-state index contributed by atoms with van der Waals surface area (Å²) in [5, 5.41) is 19.1. The van der Waals surface area contributed by atoms with Crippen LogP contribution in [0.1, 0.15) is 23.2 Å². The molecule has 21 heavy (non-hydrogen) atoms. The van der Waals surface area contributed by atoms with E-state index in [2.05, 4.69) is 0 Å². The molecule has 0 aromatic heterocycles. The molecule has 0 saturated carbocycles. The molecule has 0 heterocycles. The van der Waals surface area contributed by atoms with Crippen LogP contribution in [0.25, 0.3) is 0 Å². The van der Waals surface area contributed by atoms with Crippen LogP contribution in [0.2, 0.25) is 0 Å². The minimum Gasteiger partial charge on any atom is -0.481 e. The number of benzene rings is 1. The lowest BCUT2D eigenvalue weighted by molar-refractivity contribution is -0.387. The molecule has 0 atom stereocenters. The zero-order chi connectivity index (χ0) is 16.2. The van der Waals surface area contributed by atoms with Crippen LogP contribution in [0.4, 0.5) is 14.5 Å². The summed E-state index contributed by atoms with van der Waals surface area (Å²) in [6, 6.07) is 0.803. The number of hydrogen-bond acceptors (Lipinski definition) is 4. The number of carboxylic acid groups (broad SMARTS) is 1. The molecular weight excluding hydrogens is 290 g/mol. The fraction of sp³-hybridized carbons (Fsp3) is 0.333. The highest BCUT2D eigenvalue weighted by Crippen LogP contribution is 2.22. The lowest BCUT2D eigenvalue weighted by Gasteiger charge is -2.17. The molecule has 9 heteroatoms. The molecule has 0 radical (unpaired) electrons. The summed E-state index contributed by atoms with van der Waals surface area (Å²) in [6.45, 7) is 0.0236. The summed E-state index contributed by atoms with van der Waals surface area (Å²) in [6.07, 6.45) is -0.0356. The summed E-state index contributed by atoms with van der Waals surface area (Å²) in [4.78, 5) is 32.8. The van der Waals surface area contributed by atoms with Crippen molar-refractivity contribution in [1.29, 1.82) is 0 Å². The Labute approximate surface area is 117 Å². The Balaban J connectivity index is 2.93. The molecule has 0 aliphatic rings. The number of hydrogen-bond donors (Lipinski definition) is 1. The standard InChI is InChI=1S/C12H12F2N2O5/c1-15(4-2-3-11(17)18)12(19)7-5-10(16(20)21)9(14)6-8(7)13/h5-6H,2-4H2,1H3,(H,17,18). The van der Waals surface area contributed by atoms with Crippen LogP contribution in [0, 0.1) is 21.7 Å². The number of nitro groups is 1. The molecule has 7 nitrogen and oxygen atoms in total. The van der Waals surface area contributed by atoms with E-state index in [-0.39, 0.29) is 25.5 Å². The van der Waals surface area contributed by atoms with Crippen LogP contribution in [-0.2, 0) is 4.79 Å². The first-order chi connectivity index (χ1) is 9.73. The van der Waals surface area contributed by atoms with Gasteiger partial charge in [-0.15, -0.1) is 0 Å². The van der Waals surface area contributed by atoms with Crippen molar-refractivity contribution in [3.63, 3.8) is 0 Å². The van der Waals surface area contributed by atoms with E-state index in [0.29, 0.717) is 6.07 Å². The smallest absolute Gasteiger partial charge is 0.305 e. The van der Waals surface area contributed by atoms with E-state index in [1.807, 2.05) is 0 Å². The quantitative estimate of drug-likeness (QED) is 0.638. The number of nitrogens with zero attached hydrogens (tertiary/aromatic N) is 2. The maximum atomic E-state index is 13.6. The van der Waals surface area contributed by atoms with Gasteiger partial charge >= 0.3 is 11.7 Å². The van der Waals surface area contributed by atoms with Gasteiger partial charge < -0.3 is 10.0 Å². The van der Waals surface area contributed by atoms with Crippen LogP contribution in [-0.4, -0.2) is 40.4 Å². The first-order valence-electron chi connectivity index (χ1n) is 5.84. The molecule has 1 aromatic rings. The summed E-state index contributed by atoms with van der Waals surface area (Å²) >= 11 is 0. The lowest BCUT2D eigenvalue weighted by atomic mass is 10.1. The number of amides is 1. The van der Waals surface area contributed by atoms with Gasteiger partial charge in [0.05, 0.1) is 10.5 Å². The van der Waals surface area contributed by atoms with E-state index in [9.17, 15) is 28.5 Å². The Morgan fingerprint density at radius 2 is 1.95 bits per heavy atom. The van der Waals surface area contributed by atoms with Gasteiger partial charge in [-0.2, -0.15) is 4.39 Å². The number of halogens is 2. The number of aliphatic carboxylic acids is 1. The van der Waals surface area contributed by atoms with Gasteiger partial charge in [0.2, 0.25) is 5.82 Å². The SMILES string of the molecule is CN(CCCC(=O)O)C(=O)c1cc([N+](=O)[O-])c(F)cc1F. The van der Waals surface area contributed by atoms with Crippen LogP contribution in [0.5, 0.6) is 0 Å². The third kappa shape index (κ3) is 4.20. The van der Waals surface area contributed by atoms with Crippen molar-refractivity contribution in [2.75, 3.05) is 13.6 Å². The zero-order valence-electron chi connectivity index (χ0n) is 11.0. The normalized spacial score (nSPS) is 10.2. The topological polar surface area (TPSA) is 101 Å². The van der Waals surface area contributed by atoms with Crippen molar-refractivity contribution in [3.8, 4) is 0 Å². The molecule has 0 aliphatic carbocycles. The second kappa shape index (κ2) is 6.73. The first-order valence-corrected chi connectivity index (χ1v) is 5.84. The van der Waals surface area contributed by atoms with Gasteiger partial charge in [0.1, 0.15) is 5.82 Å². The summed E-state index contributed by atoms with van der Waals surface area (Å²) in [5.41, 5.74) is -1.64. The molecule has 1 amide bonds. The Bertz CT molecular complexity index is 591. The number of carbonyl (C=O) groups excluding carboxylic acids is 1. The van der Waals surface area contributed by atoms with Gasteiger partial charge in [0.25, 0.3) is 5.91 Å². The monoisotopic (exact) mass is 302 g/mol. The summed E-state index contributed by atoms with van der Waals surface area (Å²) in [5.74, 6) is -4.52. The second-order valence-corrected chi connectivity index (χ2v) is 4.26. The van der Waals surface area contributed by atoms with Crippen molar-refractivity contribution in [2.45, 2.75) is 12.8 Å². The third-order valence-corrected chi connectivity index (χ3v) is 2.69. The number of carboxylic acids is 1. The van der Waals surface area contributed by atoms with E-state index < -0.39 is 39.7 Å². The highest BCUT2D eigenvalue weighted by atomic mass is 19.1. The Morgan fingerprint density at radius 3 is 2.48 bits per heavy atom. The Kier molecular flexibility index (Phi) is 5.28. The van der Waals surface area contributed by atoms with Crippen molar-refractivity contribution in [2.24, 2.45) is 0 Å². The molecular formula is C12H12F2N2O5. The highest BCUT2D eigenvalue weighted by Gasteiger charge is 2.24. The second-order valence-electron chi connectivity index (χ2n) is 4.26. The predicted octanol–water partition coefficient (Wildman–Crippen LogP) is 1.81. The Hall–Kier alpha value is -2.58. The minimum atomic E-state index is -1.37. The van der Waals surface area contributed by atoms with Crippen LogP contribution >= 0.6 is 0 Å². The molecule has 0 saturated heterocycles. The number of nitro benzene ring substituents is 1. The first kappa shape index (κ1) is 16.5. The molecule has 0 bridgehead atoms. The van der Waals surface area contributed by atoms with E-state index >= 15 is 0 Å². The van der Waals surface area contributed by atoms with Crippen LogP contribution in [0.15, 0.2) is 12.1 Å². The molecule has 1 rings (SSSR count). The molecule has 0 spiro atoms. The Morgan fingerprint density at radius 1 is 1.33 bits per heavy atom. The van der Waals surface area contributed by atoms with Gasteiger partial charge in [-0.25, -0.2) is 4.39 Å². The third-order valence-electron chi connectivity index (χ3n) is 2.69. The van der Waals surface area contributed by atoms with Crippen LogP contribution in [0.3, 0.4) is 0 Å². The molecule has 0 fully saturated rings. The van der Waals surface area contributed by atoms with Crippen LogP contribution < -0.4 is 0 Å². The average molecular weight is 302 g/mol. The van der Waals surface area contributed by atoms with Gasteiger partial charge in [-0.1, -0.05) is 0 Å². The number of rotatable bonds is 6. The molecule has 1 aromatic carbocycles. The molecule has 1 N–H and O–H groups in total. The van der Waals surface area contributed by atoms with Gasteiger partial charge in [-0.05, 0) is 6.42 Å². The summed E-state index contributed by atoms with van der Waals surface area (Å²) in [7, 11) is 1.29. The highest BCUT2D eigenvalue weighted by molar-refractivity contribution is 5.95. The fourth-order valence-corrected chi connectivity index (χ4v) is 1.62. The summed E-state index contributed by atoms with van der Waals surface area (Å²) < 4.78 is 26.7. The minimum absolute atomic E-state index is 0.0236. The van der Waals surface area contributed by atoms with Crippen molar-refractivity contribution in [1.82, 2.24) is 4.90 Å². The van der Waals surface area contributed by atoms with Gasteiger partial charge in [0, 0.05) is 32.1 Å². The molecule has 0 unspecified atom stereocenters. The van der Waals surface area contributed by atoms with Crippen molar-refractivity contribution in [3.05, 3.63) is 39.4 Å². The molecule has 0 aliphatic heterocycles. The number of carbonyl (C=O) groups is 2. The van der Waals surface area contributed by atoms with Crippen molar-refractivity contribution < 1.29 is 28.4 Å². The van der Waals surface area contributed by atoms with Gasteiger partial charge in [-0.3, -0.25) is 19.7 Å². The van der Waals surface area contributed by atoms with E-state index in [0.717, 1.165) is 4.90 Å². The zero-order valence-corrected chi connectivity index (χ0v) is 11.0. The van der Waals surface area contributed by atoms with E-state index in [1.54, 1.807) is 0 Å². The largest absolute Gasteiger partial charge is 0.481 e. The lowest BCUT2D eigenvalue weighted by Crippen LogP contribution is -2.29. The molecule has 114 valence electrons. The fourth-order valence-electron chi connectivity index (χ4n) is 1.62. The van der Waals surface area contributed by atoms with E-state index in [1.165, 1.54) is 7.05 Å². The maximum absolute atomic E-state index is 13.6. The maximum Gasteiger partial charge on any atom is 0.305 e. The van der Waals surface area contributed by atoms with E-state index in [4.69, 9.17) is 5.11 Å². The van der Waals surface area contributed by atoms with Crippen molar-refractivity contribution >= 4 is 17.6 Å². The predicted molar refractivity (Wildman–Crippen MR) is 66.8 cm³/mol. The van der Waals surface area contributed by atoms with Gasteiger partial charge in [0.15, 0.2) is 0 Å².